The van der Waals surface area contributed by atoms with Gasteiger partial charge in [0.15, 0.2) is 5.82 Å². The first kappa shape index (κ1) is 18.6. The van der Waals surface area contributed by atoms with Crippen LogP contribution in [0.1, 0.15) is 18.8 Å². The van der Waals surface area contributed by atoms with Gasteiger partial charge >= 0.3 is 6.03 Å². The summed E-state index contributed by atoms with van der Waals surface area (Å²) in [5, 5.41) is 9.54. The molecule has 2 amide bonds. The standard InChI is InChI=1S/C15H12BrFIN7O/c1-8(13-21-7-22-25(13)14-19-3-2-4-20-14)23-15(26)24-12-5-9(16)10(17)6-11(12)18/h2-8H,1H3,(H2,23,24,26)/t8-/m0/s1. The van der Waals surface area contributed by atoms with Gasteiger partial charge in [-0.05, 0) is 63.6 Å². The van der Waals surface area contributed by atoms with E-state index in [0.29, 0.717) is 21.0 Å². The first-order chi connectivity index (χ1) is 12.5. The third-order valence-corrected chi connectivity index (χ3v) is 4.81. The number of halogens is 3. The van der Waals surface area contributed by atoms with Crippen LogP contribution in [-0.2, 0) is 0 Å². The Bertz CT molecular complexity index is 937. The fourth-order valence-electron chi connectivity index (χ4n) is 2.14. The number of nitrogens with one attached hydrogen (secondary N) is 2. The normalized spacial score (nSPS) is 11.8. The number of amides is 2. The number of nitrogens with zero attached hydrogens (tertiary/aromatic N) is 5. The molecule has 1 atom stereocenters. The molecule has 0 spiro atoms. The van der Waals surface area contributed by atoms with Gasteiger partial charge in [0.25, 0.3) is 5.95 Å². The van der Waals surface area contributed by atoms with Crippen molar-refractivity contribution in [3.63, 3.8) is 0 Å². The maximum absolute atomic E-state index is 13.5. The topological polar surface area (TPSA) is 97.6 Å². The zero-order chi connectivity index (χ0) is 18.7. The minimum absolute atomic E-state index is 0.266. The SMILES string of the molecule is C[C@H](NC(=O)Nc1cc(Br)c(F)cc1I)c1ncnn1-c1ncccn1. The first-order valence-electron chi connectivity index (χ1n) is 7.35. The second kappa shape index (κ2) is 8.03. The van der Waals surface area contributed by atoms with Gasteiger partial charge in [0.05, 0.1) is 16.2 Å². The first-order valence-corrected chi connectivity index (χ1v) is 9.22. The summed E-state index contributed by atoms with van der Waals surface area (Å²) in [5.74, 6) is 0.428. The van der Waals surface area contributed by atoms with Gasteiger partial charge in [0, 0.05) is 16.0 Å². The van der Waals surface area contributed by atoms with Gasteiger partial charge in [-0.3, -0.25) is 0 Å². The Morgan fingerprint density at radius 2 is 2.04 bits per heavy atom. The summed E-state index contributed by atoms with van der Waals surface area (Å²) in [6.45, 7) is 1.76. The second-order valence-electron chi connectivity index (χ2n) is 5.15. The molecule has 0 radical (unpaired) electrons. The maximum Gasteiger partial charge on any atom is 0.319 e. The lowest BCUT2D eigenvalue weighted by Crippen LogP contribution is -2.33. The van der Waals surface area contributed by atoms with E-state index in [4.69, 9.17) is 0 Å². The molecule has 0 bridgehead atoms. The van der Waals surface area contributed by atoms with E-state index in [9.17, 15) is 9.18 Å². The average molecular weight is 532 g/mol. The van der Waals surface area contributed by atoms with Gasteiger partial charge in [0.2, 0.25) is 0 Å². The molecule has 0 saturated heterocycles. The Morgan fingerprint density at radius 3 is 2.77 bits per heavy atom. The van der Waals surface area contributed by atoms with E-state index in [-0.39, 0.29) is 4.47 Å². The van der Waals surface area contributed by atoms with Crippen molar-refractivity contribution in [1.29, 1.82) is 0 Å². The van der Waals surface area contributed by atoms with Crippen molar-refractivity contribution in [3.8, 4) is 5.95 Å². The molecule has 134 valence electrons. The lowest BCUT2D eigenvalue weighted by atomic mass is 10.3. The van der Waals surface area contributed by atoms with E-state index in [1.165, 1.54) is 23.1 Å². The zero-order valence-electron chi connectivity index (χ0n) is 13.3. The monoisotopic (exact) mass is 531 g/mol. The van der Waals surface area contributed by atoms with E-state index in [1.807, 2.05) is 22.6 Å². The Kier molecular flexibility index (Phi) is 5.76. The van der Waals surface area contributed by atoms with E-state index < -0.39 is 17.9 Å². The minimum atomic E-state index is -0.470. The molecular formula is C15H12BrFIN7O. The lowest BCUT2D eigenvalue weighted by Gasteiger charge is -2.15. The van der Waals surface area contributed by atoms with E-state index >= 15 is 0 Å². The van der Waals surface area contributed by atoms with Crippen molar-refractivity contribution >= 4 is 50.2 Å². The molecule has 3 rings (SSSR count). The van der Waals surface area contributed by atoms with Crippen LogP contribution in [0.3, 0.4) is 0 Å². The van der Waals surface area contributed by atoms with Crippen molar-refractivity contribution in [2.75, 3.05) is 5.32 Å². The molecular weight excluding hydrogens is 520 g/mol. The van der Waals surface area contributed by atoms with Crippen LogP contribution >= 0.6 is 38.5 Å². The summed E-state index contributed by atoms with van der Waals surface area (Å²) < 4.78 is 15.8. The number of carbonyl (C=O) groups excluding carboxylic acids is 1. The van der Waals surface area contributed by atoms with Crippen molar-refractivity contribution in [1.82, 2.24) is 30.0 Å². The van der Waals surface area contributed by atoms with Crippen LogP contribution in [0, 0.1) is 9.39 Å². The Balaban J connectivity index is 1.73. The van der Waals surface area contributed by atoms with Crippen LogP contribution in [0.4, 0.5) is 14.9 Å². The average Bonchev–Trinajstić information content (AvgIpc) is 3.10. The quantitative estimate of drug-likeness (QED) is 0.397. The highest BCUT2D eigenvalue weighted by atomic mass is 127. The molecule has 0 unspecified atom stereocenters. The molecule has 11 heteroatoms. The molecule has 2 heterocycles. The largest absolute Gasteiger partial charge is 0.328 e. The van der Waals surface area contributed by atoms with Crippen molar-refractivity contribution in [2.24, 2.45) is 0 Å². The summed E-state index contributed by atoms with van der Waals surface area (Å²) in [4.78, 5) is 24.7. The number of urea groups is 1. The van der Waals surface area contributed by atoms with Gasteiger partial charge in [0.1, 0.15) is 12.1 Å². The summed E-state index contributed by atoms with van der Waals surface area (Å²) in [6, 6.07) is 3.59. The van der Waals surface area contributed by atoms with Gasteiger partial charge in [-0.1, -0.05) is 0 Å². The van der Waals surface area contributed by atoms with Gasteiger partial charge < -0.3 is 10.6 Å². The van der Waals surface area contributed by atoms with Crippen LogP contribution in [0.25, 0.3) is 5.95 Å². The molecule has 8 nitrogen and oxygen atoms in total. The highest BCUT2D eigenvalue weighted by Crippen LogP contribution is 2.26. The maximum atomic E-state index is 13.5. The smallest absolute Gasteiger partial charge is 0.319 e. The molecule has 0 aliphatic rings. The van der Waals surface area contributed by atoms with Gasteiger partial charge in [-0.15, -0.1) is 0 Å². The number of anilines is 1. The Hall–Kier alpha value is -2.15. The van der Waals surface area contributed by atoms with Crippen LogP contribution in [0.15, 0.2) is 41.4 Å². The number of aromatic nitrogens is 5. The molecule has 0 aliphatic heterocycles. The Morgan fingerprint density at radius 1 is 1.31 bits per heavy atom. The molecule has 0 saturated carbocycles. The number of carbonyl (C=O) groups is 1. The van der Waals surface area contributed by atoms with Gasteiger partial charge in [-0.2, -0.15) is 9.78 Å². The van der Waals surface area contributed by atoms with Crippen molar-refractivity contribution in [2.45, 2.75) is 13.0 Å². The second-order valence-corrected chi connectivity index (χ2v) is 7.16. The predicted octanol–water partition coefficient (Wildman–Crippen LogP) is 3.45. The third kappa shape index (κ3) is 4.15. The summed E-state index contributed by atoms with van der Waals surface area (Å²) >= 11 is 5.05. The Labute approximate surface area is 169 Å². The zero-order valence-corrected chi connectivity index (χ0v) is 17.1. The predicted molar refractivity (Wildman–Crippen MR) is 104 cm³/mol. The van der Waals surface area contributed by atoms with Crippen molar-refractivity contribution < 1.29 is 9.18 Å². The van der Waals surface area contributed by atoms with E-state index in [2.05, 4.69) is 46.6 Å². The molecule has 0 fully saturated rings. The number of hydrogen-bond donors (Lipinski definition) is 2. The molecule has 2 aromatic heterocycles. The number of benzene rings is 1. The van der Waals surface area contributed by atoms with Gasteiger partial charge in [-0.25, -0.2) is 24.1 Å². The third-order valence-electron chi connectivity index (χ3n) is 3.31. The summed E-state index contributed by atoms with van der Waals surface area (Å²) in [5.41, 5.74) is 0.483. The molecule has 2 N–H and O–H groups in total. The molecule has 1 aromatic carbocycles. The van der Waals surface area contributed by atoms with Crippen LogP contribution in [0.2, 0.25) is 0 Å². The molecule has 26 heavy (non-hydrogen) atoms. The fourth-order valence-corrected chi connectivity index (χ4v) is 3.05. The molecule has 0 aliphatic carbocycles. The van der Waals surface area contributed by atoms with E-state index in [1.54, 1.807) is 25.4 Å². The minimum Gasteiger partial charge on any atom is -0.328 e. The lowest BCUT2D eigenvalue weighted by molar-refractivity contribution is 0.248. The molecule has 3 aromatic rings. The number of hydrogen-bond acceptors (Lipinski definition) is 5. The summed E-state index contributed by atoms with van der Waals surface area (Å²) in [6.07, 6.45) is 4.54. The highest BCUT2D eigenvalue weighted by Gasteiger charge is 2.18. The van der Waals surface area contributed by atoms with Crippen LogP contribution < -0.4 is 10.6 Å². The highest BCUT2D eigenvalue weighted by molar-refractivity contribution is 14.1. The van der Waals surface area contributed by atoms with Crippen molar-refractivity contribution in [3.05, 3.63) is 56.6 Å². The number of rotatable bonds is 4. The summed E-state index contributed by atoms with van der Waals surface area (Å²) in [7, 11) is 0. The fraction of sp³-hybridized carbons (Fsp3) is 0.133. The van der Waals surface area contributed by atoms with Crippen LogP contribution in [-0.4, -0.2) is 30.8 Å². The van der Waals surface area contributed by atoms with Crippen LogP contribution in [0.5, 0.6) is 0 Å². The van der Waals surface area contributed by atoms with E-state index in [0.717, 1.165) is 0 Å².